The smallest absolute Gasteiger partial charge is 0.242 e. The molecule has 0 atom stereocenters. The van der Waals surface area contributed by atoms with E-state index in [1.54, 1.807) is 16.3 Å². The molecular formula is C13H16N4O2S. The van der Waals surface area contributed by atoms with E-state index in [4.69, 9.17) is 0 Å². The fourth-order valence-corrected chi connectivity index (χ4v) is 3.24. The van der Waals surface area contributed by atoms with Gasteiger partial charge in [0.1, 0.15) is 5.69 Å². The highest BCUT2D eigenvalue weighted by Gasteiger charge is 2.22. The maximum absolute atomic E-state index is 12.1. The van der Waals surface area contributed by atoms with E-state index in [0.717, 1.165) is 37.2 Å². The Hall–Kier alpha value is -1.89. The van der Waals surface area contributed by atoms with Crippen LogP contribution in [0, 0.1) is 0 Å². The lowest BCUT2D eigenvalue weighted by atomic mass is 10.4. The minimum atomic E-state index is 0.0956. The number of likely N-dealkylation sites (N-methyl/N-ethyl adjacent to an activating group) is 1. The van der Waals surface area contributed by atoms with Gasteiger partial charge < -0.3 is 9.80 Å². The van der Waals surface area contributed by atoms with Gasteiger partial charge in [0.2, 0.25) is 5.91 Å². The molecule has 1 aliphatic heterocycles. The van der Waals surface area contributed by atoms with E-state index >= 15 is 0 Å². The number of carbonyl (C=O) groups excluding carboxylic acids is 2. The van der Waals surface area contributed by atoms with Crippen LogP contribution in [0.15, 0.2) is 11.6 Å². The third-order valence-electron chi connectivity index (χ3n) is 3.58. The van der Waals surface area contributed by atoms with Crippen LogP contribution in [0.3, 0.4) is 0 Å². The van der Waals surface area contributed by atoms with Gasteiger partial charge in [-0.1, -0.05) is 0 Å². The molecule has 1 fully saturated rings. The van der Waals surface area contributed by atoms with Crippen LogP contribution in [0.4, 0.5) is 5.82 Å². The number of nitrogens with zero attached hydrogens (tertiary/aromatic N) is 4. The molecule has 106 valence electrons. The van der Waals surface area contributed by atoms with E-state index < -0.39 is 0 Å². The van der Waals surface area contributed by atoms with Gasteiger partial charge >= 0.3 is 0 Å². The van der Waals surface area contributed by atoms with Gasteiger partial charge in [0.05, 0.1) is 6.54 Å². The second-order valence-corrected chi connectivity index (χ2v) is 5.81. The summed E-state index contributed by atoms with van der Waals surface area (Å²) < 4.78 is 1.75. The molecule has 3 rings (SSSR count). The number of carbonyl (C=O) groups is 2. The number of hydrogen-bond acceptors (Lipinski definition) is 5. The first-order valence-electron chi connectivity index (χ1n) is 6.60. The summed E-state index contributed by atoms with van der Waals surface area (Å²) in [4.78, 5) is 32.2. The minimum absolute atomic E-state index is 0.0956. The first kappa shape index (κ1) is 13.1. The molecule has 0 aliphatic carbocycles. The molecule has 1 amide bonds. The van der Waals surface area contributed by atoms with Gasteiger partial charge in [-0.25, -0.2) is 4.98 Å². The zero-order chi connectivity index (χ0) is 14.1. The van der Waals surface area contributed by atoms with Gasteiger partial charge in [0, 0.05) is 31.7 Å². The number of anilines is 1. The van der Waals surface area contributed by atoms with Crippen LogP contribution >= 0.6 is 11.3 Å². The van der Waals surface area contributed by atoms with E-state index in [0.29, 0.717) is 11.5 Å². The first-order chi connectivity index (χ1) is 9.70. The summed E-state index contributed by atoms with van der Waals surface area (Å²) in [6.45, 7) is 1.93. The van der Waals surface area contributed by atoms with Crippen molar-refractivity contribution in [1.29, 1.82) is 0 Å². The van der Waals surface area contributed by atoms with Crippen LogP contribution in [0.2, 0.25) is 0 Å². The lowest BCUT2D eigenvalue weighted by Gasteiger charge is -2.21. The number of fused-ring (bicyclic) bond motifs is 1. The summed E-state index contributed by atoms with van der Waals surface area (Å²) in [7, 11) is 1.80. The molecule has 6 nitrogen and oxygen atoms in total. The van der Waals surface area contributed by atoms with Gasteiger partial charge in [-0.15, -0.1) is 11.3 Å². The summed E-state index contributed by atoms with van der Waals surface area (Å²) >= 11 is 1.47. The van der Waals surface area contributed by atoms with Crippen molar-refractivity contribution >= 4 is 34.3 Å². The molecule has 0 spiro atoms. The van der Waals surface area contributed by atoms with Crippen LogP contribution in [-0.4, -0.2) is 53.2 Å². The van der Waals surface area contributed by atoms with Crippen molar-refractivity contribution in [2.75, 3.05) is 31.6 Å². The molecule has 0 saturated carbocycles. The van der Waals surface area contributed by atoms with Crippen molar-refractivity contribution in [2.45, 2.75) is 12.8 Å². The molecule has 0 N–H and O–H groups in total. The second kappa shape index (κ2) is 5.24. The van der Waals surface area contributed by atoms with Crippen molar-refractivity contribution in [3.8, 4) is 0 Å². The Labute approximate surface area is 120 Å². The zero-order valence-electron chi connectivity index (χ0n) is 11.3. The van der Waals surface area contributed by atoms with Gasteiger partial charge in [-0.05, 0) is 12.8 Å². The molecule has 2 aromatic heterocycles. The Balaban J connectivity index is 1.80. The molecule has 1 aliphatic rings. The van der Waals surface area contributed by atoms with Crippen molar-refractivity contribution in [2.24, 2.45) is 0 Å². The number of likely N-dealkylation sites (tertiary alicyclic amines) is 1. The fourth-order valence-electron chi connectivity index (χ4n) is 2.53. The second-order valence-electron chi connectivity index (χ2n) is 4.94. The van der Waals surface area contributed by atoms with E-state index in [1.807, 2.05) is 16.5 Å². The van der Waals surface area contributed by atoms with Gasteiger partial charge in [0.15, 0.2) is 17.1 Å². The summed E-state index contributed by atoms with van der Waals surface area (Å²) in [6, 6.07) is 0. The molecule has 2 aromatic rings. The number of thiazole rings is 1. The lowest BCUT2D eigenvalue weighted by Crippen LogP contribution is -2.37. The predicted molar refractivity (Wildman–Crippen MR) is 77.5 cm³/mol. The average Bonchev–Trinajstić information content (AvgIpc) is 3.14. The first-order valence-corrected chi connectivity index (χ1v) is 7.48. The van der Waals surface area contributed by atoms with Crippen LogP contribution in [0.25, 0.3) is 4.96 Å². The molecule has 1 saturated heterocycles. The Morgan fingerprint density at radius 1 is 1.50 bits per heavy atom. The minimum Gasteiger partial charge on any atom is -0.348 e. The third-order valence-corrected chi connectivity index (χ3v) is 4.34. The number of aromatic nitrogens is 2. The number of imidazole rings is 1. The average molecular weight is 292 g/mol. The lowest BCUT2D eigenvalue weighted by molar-refractivity contribution is -0.128. The van der Waals surface area contributed by atoms with Crippen LogP contribution in [-0.2, 0) is 4.79 Å². The highest BCUT2D eigenvalue weighted by atomic mass is 32.1. The Kier molecular flexibility index (Phi) is 3.43. The van der Waals surface area contributed by atoms with Crippen LogP contribution in [0.5, 0.6) is 0 Å². The topological polar surface area (TPSA) is 57.9 Å². The van der Waals surface area contributed by atoms with E-state index in [9.17, 15) is 9.59 Å². The Morgan fingerprint density at radius 2 is 2.25 bits per heavy atom. The summed E-state index contributed by atoms with van der Waals surface area (Å²) in [5, 5.41) is 1.88. The number of hydrogen-bond donors (Lipinski definition) is 0. The van der Waals surface area contributed by atoms with Crippen molar-refractivity contribution < 1.29 is 9.59 Å². The van der Waals surface area contributed by atoms with Gasteiger partial charge in [0.25, 0.3) is 0 Å². The molecule has 3 heterocycles. The Morgan fingerprint density at radius 3 is 2.95 bits per heavy atom. The van der Waals surface area contributed by atoms with Crippen LogP contribution in [0.1, 0.15) is 23.3 Å². The van der Waals surface area contributed by atoms with Crippen molar-refractivity contribution in [3.05, 3.63) is 17.3 Å². The van der Waals surface area contributed by atoms with E-state index in [-0.39, 0.29) is 12.5 Å². The molecular weight excluding hydrogens is 276 g/mol. The molecule has 7 heteroatoms. The molecule has 0 aromatic carbocycles. The quantitative estimate of drug-likeness (QED) is 0.796. The maximum Gasteiger partial charge on any atom is 0.242 e. The largest absolute Gasteiger partial charge is 0.348 e. The number of rotatable bonds is 4. The highest BCUT2D eigenvalue weighted by molar-refractivity contribution is 7.15. The molecule has 0 radical (unpaired) electrons. The van der Waals surface area contributed by atoms with Crippen molar-refractivity contribution in [1.82, 2.24) is 14.3 Å². The Bertz CT molecular complexity index is 642. The van der Waals surface area contributed by atoms with E-state index in [1.165, 1.54) is 11.3 Å². The molecule has 0 unspecified atom stereocenters. The van der Waals surface area contributed by atoms with Gasteiger partial charge in [-0.2, -0.15) is 0 Å². The normalized spacial score (nSPS) is 14.9. The molecule has 20 heavy (non-hydrogen) atoms. The summed E-state index contributed by atoms with van der Waals surface area (Å²) in [6.07, 6.45) is 4.76. The van der Waals surface area contributed by atoms with Crippen LogP contribution < -0.4 is 4.90 Å². The zero-order valence-corrected chi connectivity index (χ0v) is 12.1. The van der Waals surface area contributed by atoms with Crippen molar-refractivity contribution in [3.63, 3.8) is 0 Å². The molecule has 0 bridgehead atoms. The monoisotopic (exact) mass is 292 g/mol. The third kappa shape index (κ3) is 2.18. The fraction of sp³-hybridized carbons (Fsp3) is 0.462. The number of aldehydes is 1. The SMILES string of the molecule is CN(CC(=O)N1CCCC1)c1nc2sccn2c1C=O. The maximum atomic E-state index is 12.1. The standard InChI is InChI=1S/C13H16N4O2S/c1-15(8-11(19)16-4-2-3-5-16)12-10(9-18)17-6-7-20-13(17)14-12/h6-7,9H,2-5,8H2,1H3. The van der Waals surface area contributed by atoms with E-state index in [2.05, 4.69) is 4.98 Å². The van der Waals surface area contributed by atoms with Gasteiger partial charge in [-0.3, -0.25) is 14.0 Å². The summed E-state index contributed by atoms with van der Waals surface area (Å²) in [5.74, 6) is 0.664. The predicted octanol–water partition coefficient (Wildman–Crippen LogP) is 1.27. The number of amides is 1. The summed E-state index contributed by atoms with van der Waals surface area (Å²) in [5.41, 5.74) is 0.498. The highest BCUT2D eigenvalue weighted by Crippen LogP contribution is 2.22.